The molecule has 0 radical (unpaired) electrons. The Bertz CT molecular complexity index is 985. The molecule has 0 spiro atoms. The monoisotopic (exact) mass is 377 g/mol. The van der Waals surface area contributed by atoms with Crippen molar-refractivity contribution < 1.29 is 13.2 Å². The van der Waals surface area contributed by atoms with Gasteiger partial charge < -0.3 is 4.90 Å². The first-order chi connectivity index (χ1) is 12.3. The second-order valence-electron chi connectivity index (χ2n) is 7.23. The minimum atomic E-state index is -3.22. The molecule has 0 N–H and O–H groups in total. The van der Waals surface area contributed by atoms with Crippen molar-refractivity contribution in [2.45, 2.75) is 25.7 Å². The Labute approximate surface area is 152 Å². The fourth-order valence-corrected chi connectivity index (χ4v) is 4.44. The molecule has 3 heterocycles. The van der Waals surface area contributed by atoms with Crippen LogP contribution in [0, 0.1) is 6.92 Å². The Kier molecular flexibility index (Phi) is 4.03. The minimum Gasteiger partial charge on any atom is -0.336 e. The van der Waals surface area contributed by atoms with Gasteiger partial charge in [0.05, 0.1) is 22.9 Å². The molecule has 0 atom stereocenters. The zero-order chi connectivity index (χ0) is 18.6. The SMILES string of the molecule is Cc1nn(C)c2nc(C3CC3)cc(C(=O)N3CCN(S(C)(=O)=O)CC3)c12. The second kappa shape index (κ2) is 6.02. The number of nitrogens with zero attached hydrogens (tertiary/aromatic N) is 5. The summed E-state index contributed by atoms with van der Waals surface area (Å²) in [6, 6.07) is 1.92. The molecule has 140 valence electrons. The van der Waals surface area contributed by atoms with Crippen LogP contribution in [0.5, 0.6) is 0 Å². The van der Waals surface area contributed by atoms with Gasteiger partial charge in [-0.05, 0) is 25.8 Å². The average Bonchev–Trinajstić information content (AvgIpc) is 3.40. The van der Waals surface area contributed by atoms with E-state index in [-0.39, 0.29) is 5.91 Å². The molecule has 1 saturated heterocycles. The van der Waals surface area contributed by atoms with E-state index in [9.17, 15) is 13.2 Å². The fourth-order valence-electron chi connectivity index (χ4n) is 3.61. The van der Waals surface area contributed by atoms with Gasteiger partial charge >= 0.3 is 0 Å². The highest BCUT2D eigenvalue weighted by molar-refractivity contribution is 7.88. The lowest BCUT2D eigenvalue weighted by atomic mass is 10.1. The Hall–Kier alpha value is -2.00. The number of carbonyl (C=O) groups is 1. The lowest BCUT2D eigenvalue weighted by molar-refractivity contribution is 0.0700. The van der Waals surface area contributed by atoms with Gasteiger partial charge in [0.15, 0.2) is 5.65 Å². The molecule has 2 fully saturated rings. The van der Waals surface area contributed by atoms with E-state index >= 15 is 0 Å². The molecule has 1 aliphatic heterocycles. The van der Waals surface area contributed by atoms with E-state index in [1.54, 1.807) is 9.58 Å². The lowest BCUT2D eigenvalue weighted by Gasteiger charge is -2.33. The standard InChI is InChI=1S/C17H23N5O3S/c1-11-15-13(10-14(12-4-5-12)18-16(15)20(2)19-11)17(23)21-6-8-22(9-7-21)26(3,24)25/h10,12H,4-9H2,1-3H3. The van der Waals surface area contributed by atoms with Crippen molar-refractivity contribution in [3.05, 3.63) is 23.0 Å². The van der Waals surface area contributed by atoms with Gasteiger partial charge in [0.2, 0.25) is 10.0 Å². The molecular weight excluding hydrogens is 354 g/mol. The highest BCUT2D eigenvalue weighted by atomic mass is 32.2. The highest BCUT2D eigenvalue weighted by Crippen LogP contribution is 2.40. The van der Waals surface area contributed by atoms with Crippen LogP contribution in [0.15, 0.2) is 6.07 Å². The van der Waals surface area contributed by atoms with Crippen LogP contribution in [-0.2, 0) is 17.1 Å². The second-order valence-corrected chi connectivity index (χ2v) is 9.21. The molecule has 9 heteroatoms. The zero-order valence-electron chi connectivity index (χ0n) is 15.3. The van der Waals surface area contributed by atoms with Gasteiger partial charge in [-0.1, -0.05) is 0 Å². The van der Waals surface area contributed by atoms with Crippen LogP contribution >= 0.6 is 0 Å². The first-order valence-corrected chi connectivity index (χ1v) is 10.7. The number of amides is 1. The molecule has 8 nitrogen and oxygen atoms in total. The van der Waals surface area contributed by atoms with E-state index in [4.69, 9.17) is 4.98 Å². The molecule has 26 heavy (non-hydrogen) atoms. The molecule has 1 aliphatic carbocycles. The maximum absolute atomic E-state index is 13.2. The topological polar surface area (TPSA) is 88.4 Å². The number of hydrogen-bond donors (Lipinski definition) is 0. The van der Waals surface area contributed by atoms with Crippen LogP contribution in [-0.4, -0.2) is 70.7 Å². The van der Waals surface area contributed by atoms with Crippen LogP contribution in [0.2, 0.25) is 0 Å². The number of aromatic nitrogens is 3. The van der Waals surface area contributed by atoms with Crippen LogP contribution in [0.4, 0.5) is 0 Å². The molecule has 0 bridgehead atoms. The van der Waals surface area contributed by atoms with Crippen molar-refractivity contribution in [1.29, 1.82) is 0 Å². The predicted molar refractivity (Wildman–Crippen MR) is 97.5 cm³/mol. The first-order valence-electron chi connectivity index (χ1n) is 8.84. The molecule has 2 aromatic rings. The van der Waals surface area contributed by atoms with Gasteiger partial charge in [-0.25, -0.2) is 13.4 Å². The number of rotatable bonds is 3. The third-order valence-corrected chi connectivity index (χ3v) is 6.51. The van der Waals surface area contributed by atoms with Crippen molar-refractivity contribution in [3.63, 3.8) is 0 Å². The summed E-state index contributed by atoms with van der Waals surface area (Å²) >= 11 is 0. The Morgan fingerprint density at radius 3 is 2.42 bits per heavy atom. The maximum Gasteiger partial charge on any atom is 0.254 e. The van der Waals surface area contributed by atoms with E-state index in [0.29, 0.717) is 37.7 Å². The van der Waals surface area contributed by atoms with Crippen LogP contribution in [0.3, 0.4) is 0 Å². The number of aryl methyl sites for hydroxylation is 2. The third-order valence-electron chi connectivity index (χ3n) is 5.21. The Balaban J connectivity index is 1.69. The summed E-state index contributed by atoms with van der Waals surface area (Å²) in [6.45, 7) is 3.35. The van der Waals surface area contributed by atoms with Crippen molar-refractivity contribution in [2.24, 2.45) is 7.05 Å². The van der Waals surface area contributed by atoms with Crippen LogP contribution < -0.4 is 0 Å². The number of pyridine rings is 1. The van der Waals surface area contributed by atoms with E-state index in [1.165, 1.54) is 10.6 Å². The van der Waals surface area contributed by atoms with Gasteiger partial charge in [0.25, 0.3) is 5.91 Å². The molecule has 2 aliphatic rings. The van der Waals surface area contributed by atoms with E-state index in [2.05, 4.69) is 5.10 Å². The third kappa shape index (κ3) is 2.99. The Morgan fingerprint density at radius 1 is 1.19 bits per heavy atom. The average molecular weight is 377 g/mol. The molecule has 0 unspecified atom stereocenters. The first kappa shape index (κ1) is 17.4. The van der Waals surface area contributed by atoms with Crippen LogP contribution in [0.1, 0.15) is 40.5 Å². The summed E-state index contributed by atoms with van der Waals surface area (Å²) in [4.78, 5) is 19.7. The van der Waals surface area contributed by atoms with Gasteiger partial charge in [0.1, 0.15) is 0 Å². The van der Waals surface area contributed by atoms with E-state index < -0.39 is 10.0 Å². The predicted octanol–water partition coefficient (Wildman–Crippen LogP) is 0.872. The quantitative estimate of drug-likeness (QED) is 0.792. The van der Waals surface area contributed by atoms with Crippen molar-refractivity contribution in [2.75, 3.05) is 32.4 Å². The van der Waals surface area contributed by atoms with E-state index in [0.717, 1.165) is 35.3 Å². The maximum atomic E-state index is 13.2. The van der Waals surface area contributed by atoms with Gasteiger partial charge in [-0.15, -0.1) is 0 Å². The number of sulfonamides is 1. The molecule has 1 saturated carbocycles. The summed E-state index contributed by atoms with van der Waals surface area (Å²) < 4.78 is 26.5. The molecular formula is C17H23N5O3S. The summed E-state index contributed by atoms with van der Waals surface area (Å²) in [5.74, 6) is 0.367. The number of piperazine rings is 1. The normalized spacial score (nSPS) is 19.3. The summed E-state index contributed by atoms with van der Waals surface area (Å²) in [6.07, 6.45) is 3.42. The number of carbonyl (C=O) groups excluding carboxylic acids is 1. The summed E-state index contributed by atoms with van der Waals surface area (Å²) in [5, 5.41) is 5.24. The number of hydrogen-bond acceptors (Lipinski definition) is 5. The summed E-state index contributed by atoms with van der Waals surface area (Å²) in [7, 11) is -1.37. The van der Waals surface area contributed by atoms with E-state index in [1.807, 2.05) is 20.0 Å². The minimum absolute atomic E-state index is 0.0662. The number of fused-ring (bicyclic) bond motifs is 1. The van der Waals surface area contributed by atoms with Crippen molar-refractivity contribution >= 4 is 27.0 Å². The molecule has 1 amide bonds. The van der Waals surface area contributed by atoms with Crippen molar-refractivity contribution in [3.8, 4) is 0 Å². The fraction of sp³-hybridized carbons (Fsp3) is 0.588. The molecule has 2 aromatic heterocycles. The summed E-state index contributed by atoms with van der Waals surface area (Å²) in [5.41, 5.74) is 3.12. The van der Waals surface area contributed by atoms with Gasteiger partial charge in [-0.2, -0.15) is 9.40 Å². The lowest BCUT2D eigenvalue weighted by Crippen LogP contribution is -2.50. The van der Waals surface area contributed by atoms with Gasteiger partial charge in [-0.3, -0.25) is 9.48 Å². The van der Waals surface area contributed by atoms with Crippen LogP contribution in [0.25, 0.3) is 11.0 Å². The van der Waals surface area contributed by atoms with Gasteiger partial charge in [0, 0.05) is 44.8 Å². The smallest absolute Gasteiger partial charge is 0.254 e. The largest absolute Gasteiger partial charge is 0.336 e. The molecule has 0 aromatic carbocycles. The highest BCUT2D eigenvalue weighted by Gasteiger charge is 2.31. The van der Waals surface area contributed by atoms with Crippen molar-refractivity contribution in [1.82, 2.24) is 24.0 Å². The zero-order valence-corrected chi connectivity index (χ0v) is 16.1. The Morgan fingerprint density at radius 2 is 1.85 bits per heavy atom. The molecule has 4 rings (SSSR count).